The van der Waals surface area contributed by atoms with Crippen molar-refractivity contribution < 1.29 is 0 Å². The molecule has 1 saturated carbocycles. The second kappa shape index (κ2) is 3.22. The highest BCUT2D eigenvalue weighted by atomic mass is 35.5. The molecular formula is C11H12ClN3. The summed E-state index contributed by atoms with van der Waals surface area (Å²) >= 11 is 6.20. The number of hydrogen-bond donors (Lipinski definition) is 1. The summed E-state index contributed by atoms with van der Waals surface area (Å²) in [7, 11) is 0. The SMILES string of the molecule is NCc1nc2cccc(Cl)c2n1C1CC1. The standard InChI is InChI=1S/C11H12ClN3/c12-8-2-1-3-9-11(8)15(7-4-5-7)10(6-13)14-9/h1-3,7H,4-6,13H2. The van der Waals surface area contributed by atoms with Crippen molar-refractivity contribution in [3.8, 4) is 0 Å². The Morgan fingerprint density at radius 3 is 2.93 bits per heavy atom. The second-order valence-corrected chi connectivity index (χ2v) is 4.35. The fourth-order valence-corrected chi connectivity index (χ4v) is 2.29. The van der Waals surface area contributed by atoms with Gasteiger partial charge in [-0.15, -0.1) is 0 Å². The quantitative estimate of drug-likeness (QED) is 0.847. The summed E-state index contributed by atoms with van der Waals surface area (Å²) in [5.41, 5.74) is 7.70. The first-order chi connectivity index (χ1) is 7.31. The van der Waals surface area contributed by atoms with E-state index in [0.29, 0.717) is 12.6 Å². The van der Waals surface area contributed by atoms with Crippen LogP contribution in [0.2, 0.25) is 5.02 Å². The minimum atomic E-state index is 0.474. The van der Waals surface area contributed by atoms with Crippen LogP contribution in [0.1, 0.15) is 24.7 Å². The third-order valence-corrected chi connectivity index (χ3v) is 3.13. The molecule has 1 heterocycles. The molecule has 3 rings (SSSR count). The van der Waals surface area contributed by atoms with Gasteiger partial charge in [0.2, 0.25) is 0 Å². The van der Waals surface area contributed by atoms with Gasteiger partial charge in [0.1, 0.15) is 5.82 Å². The molecular weight excluding hydrogens is 210 g/mol. The van der Waals surface area contributed by atoms with Gasteiger partial charge in [-0.2, -0.15) is 0 Å². The molecule has 1 fully saturated rings. The number of benzene rings is 1. The average Bonchev–Trinajstić information content (AvgIpc) is 2.99. The summed E-state index contributed by atoms with van der Waals surface area (Å²) < 4.78 is 2.21. The molecule has 4 heteroatoms. The number of aromatic nitrogens is 2. The molecule has 0 saturated heterocycles. The van der Waals surface area contributed by atoms with E-state index < -0.39 is 0 Å². The van der Waals surface area contributed by atoms with Crippen LogP contribution >= 0.6 is 11.6 Å². The number of hydrogen-bond acceptors (Lipinski definition) is 2. The average molecular weight is 222 g/mol. The smallest absolute Gasteiger partial charge is 0.123 e. The van der Waals surface area contributed by atoms with Gasteiger partial charge in [0.05, 0.1) is 22.6 Å². The Labute approximate surface area is 92.8 Å². The van der Waals surface area contributed by atoms with E-state index in [-0.39, 0.29) is 0 Å². The summed E-state index contributed by atoms with van der Waals surface area (Å²) in [4.78, 5) is 4.51. The Bertz CT molecular complexity index is 514. The minimum absolute atomic E-state index is 0.474. The molecule has 1 aliphatic carbocycles. The van der Waals surface area contributed by atoms with E-state index in [0.717, 1.165) is 21.9 Å². The Balaban J connectivity index is 2.35. The van der Waals surface area contributed by atoms with Gasteiger partial charge in [0, 0.05) is 6.04 Å². The van der Waals surface area contributed by atoms with Crippen molar-refractivity contribution in [2.24, 2.45) is 5.73 Å². The van der Waals surface area contributed by atoms with Gasteiger partial charge < -0.3 is 10.3 Å². The molecule has 1 aliphatic rings. The summed E-state index contributed by atoms with van der Waals surface area (Å²) in [6, 6.07) is 6.38. The minimum Gasteiger partial charge on any atom is -0.324 e. The highest BCUT2D eigenvalue weighted by molar-refractivity contribution is 6.35. The molecule has 15 heavy (non-hydrogen) atoms. The van der Waals surface area contributed by atoms with Crippen molar-refractivity contribution in [2.75, 3.05) is 0 Å². The molecule has 78 valence electrons. The number of fused-ring (bicyclic) bond motifs is 1. The lowest BCUT2D eigenvalue weighted by Gasteiger charge is -2.06. The number of nitrogens with zero attached hydrogens (tertiary/aromatic N) is 2. The highest BCUT2D eigenvalue weighted by Gasteiger charge is 2.28. The summed E-state index contributed by atoms with van der Waals surface area (Å²) in [5.74, 6) is 0.945. The molecule has 1 aromatic heterocycles. The van der Waals surface area contributed by atoms with Gasteiger partial charge in [0.15, 0.2) is 0 Å². The lowest BCUT2D eigenvalue weighted by Crippen LogP contribution is -2.07. The molecule has 0 spiro atoms. The van der Waals surface area contributed by atoms with Crippen LogP contribution < -0.4 is 5.73 Å². The molecule has 0 bridgehead atoms. The molecule has 0 amide bonds. The zero-order valence-electron chi connectivity index (χ0n) is 8.28. The Morgan fingerprint density at radius 2 is 2.27 bits per heavy atom. The molecule has 0 atom stereocenters. The number of rotatable bonds is 2. The van der Waals surface area contributed by atoms with Crippen LogP contribution in [0.25, 0.3) is 11.0 Å². The lowest BCUT2D eigenvalue weighted by molar-refractivity contribution is 0.702. The number of imidazole rings is 1. The van der Waals surface area contributed by atoms with Gasteiger partial charge in [-0.3, -0.25) is 0 Å². The Hall–Kier alpha value is -1.06. The molecule has 0 unspecified atom stereocenters. The van der Waals surface area contributed by atoms with Gasteiger partial charge in [-0.05, 0) is 25.0 Å². The Morgan fingerprint density at radius 1 is 1.47 bits per heavy atom. The predicted octanol–water partition coefficient (Wildman–Crippen LogP) is 2.48. The van der Waals surface area contributed by atoms with E-state index in [4.69, 9.17) is 17.3 Å². The Kier molecular flexibility index (Phi) is 1.97. The van der Waals surface area contributed by atoms with Gasteiger partial charge in [-0.25, -0.2) is 4.98 Å². The largest absolute Gasteiger partial charge is 0.324 e. The van der Waals surface area contributed by atoms with Crippen molar-refractivity contribution >= 4 is 22.6 Å². The number of halogens is 1. The van der Waals surface area contributed by atoms with Crippen molar-refractivity contribution in [3.05, 3.63) is 29.0 Å². The van der Waals surface area contributed by atoms with E-state index in [1.807, 2.05) is 18.2 Å². The van der Waals surface area contributed by atoms with Crippen LogP contribution in [0.4, 0.5) is 0 Å². The van der Waals surface area contributed by atoms with Crippen molar-refractivity contribution in [1.29, 1.82) is 0 Å². The second-order valence-electron chi connectivity index (χ2n) is 3.94. The third kappa shape index (κ3) is 1.34. The summed E-state index contributed by atoms with van der Waals surface area (Å²) in [6.07, 6.45) is 2.42. The predicted molar refractivity (Wildman–Crippen MR) is 60.9 cm³/mol. The van der Waals surface area contributed by atoms with Gasteiger partial charge in [0.25, 0.3) is 0 Å². The molecule has 0 aliphatic heterocycles. The van der Waals surface area contributed by atoms with E-state index in [9.17, 15) is 0 Å². The maximum absolute atomic E-state index is 6.20. The van der Waals surface area contributed by atoms with Crippen LogP contribution in [0.15, 0.2) is 18.2 Å². The van der Waals surface area contributed by atoms with Crippen LogP contribution in [0.5, 0.6) is 0 Å². The van der Waals surface area contributed by atoms with E-state index in [1.165, 1.54) is 12.8 Å². The van der Waals surface area contributed by atoms with Crippen molar-refractivity contribution in [3.63, 3.8) is 0 Å². The van der Waals surface area contributed by atoms with Crippen LogP contribution in [-0.4, -0.2) is 9.55 Å². The third-order valence-electron chi connectivity index (χ3n) is 2.83. The van der Waals surface area contributed by atoms with E-state index in [2.05, 4.69) is 9.55 Å². The first kappa shape index (κ1) is 9.19. The maximum Gasteiger partial charge on any atom is 0.123 e. The van der Waals surface area contributed by atoms with Crippen LogP contribution in [0, 0.1) is 0 Å². The summed E-state index contributed by atoms with van der Waals surface area (Å²) in [5, 5.41) is 0.770. The maximum atomic E-state index is 6.20. The van der Waals surface area contributed by atoms with Crippen molar-refractivity contribution in [1.82, 2.24) is 9.55 Å². The first-order valence-electron chi connectivity index (χ1n) is 5.16. The highest BCUT2D eigenvalue weighted by Crippen LogP contribution is 2.40. The fraction of sp³-hybridized carbons (Fsp3) is 0.364. The van der Waals surface area contributed by atoms with Gasteiger partial charge >= 0.3 is 0 Å². The number of nitrogens with two attached hydrogens (primary N) is 1. The molecule has 1 aromatic carbocycles. The van der Waals surface area contributed by atoms with E-state index >= 15 is 0 Å². The molecule has 2 aromatic rings. The molecule has 2 N–H and O–H groups in total. The normalized spacial score (nSPS) is 16.1. The molecule has 0 radical (unpaired) electrons. The zero-order chi connectivity index (χ0) is 10.4. The van der Waals surface area contributed by atoms with Gasteiger partial charge in [-0.1, -0.05) is 17.7 Å². The fourth-order valence-electron chi connectivity index (χ4n) is 2.02. The monoisotopic (exact) mass is 221 g/mol. The molecule has 3 nitrogen and oxygen atoms in total. The van der Waals surface area contributed by atoms with Crippen LogP contribution in [0.3, 0.4) is 0 Å². The number of para-hydroxylation sites is 1. The summed E-state index contributed by atoms with van der Waals surface area (Å²) in [6.45, 7) is 0.474. The van der Waals surface area contributed by atoms with Crippen molar-refractivity contribution in [2.45, 2.75) is 25.4 Å². The van der Waals surface area contributed by atoms with Crippen LogP contribution in [-0.2, 0) is 6.54 Å². The van der Waals surface area contributed by atoms with E-state index in [1.54, 1.807) is 0 Å². The first-order valence-corrected chi connectivity index (χ1v) is 5.54. The lowest BCUT2D eigenvalue weighted by atomic mass is 10.3. The topological polar surface area (TPSA) is 43.8 Å². The zero-order valence-corrected chi connectivity index (χ0v) is 9.04.